The maximum absolute atomic E-state index is 12.8. The number of aryl methyl sites for hydroxylation is 2. The van der Waals surface area contributed by atoms with Crippen molar-refractivity contribution in [3.05, 3.63) is 94.7 Å². The molecule has 3 rings (SSSR count). The highest BCUT2D eigenvalue weighted by molar-refractivity contribution is 9.09. The maximum Gasteiger partial charge on any atom is 0.213 e. The number of ether oxygens (including phenoxy) is 1. The summed E-state index contributed by atoms with van der Waals surface area (Å²) in [5.41, 5.74) is 4.76. The lowest BCUT2D eigenvalue weighted by atomic mass is 10.00. The van der Waals surface area contributed by atoms with Gasteiger partial charge in [0.2, 0.25) is 5.88 Å². The Kier molecular flexibility index (Phi) is 7.75. The minimum atomic E-state index is -0.439. The highest BCUT2D eigenvalue weighted by Crippen LogP contribution is 2.29. The Hall–Kier alpha value is -1.98. The standard InChI is InChI=1S/C22H20BrNO2.BrH/c1-15-10-16(2)12-19(11-15)22(25)21(23)18-8-9-24-20(13-18)26-14-17-6-4-3-5-7-17;/h3-13,21H,14H2,1-2H3;1H. The van der Waals surface area contributed by atoms with Crippen LogP contribution in [-0.4, -0.2) is 10.8 Å². The molecule has 1 unspecified atom stereocenters. The molecule has 0 fully saturated rings. The highest BCUT2D eigenvalue weighted by Gasteiger charge is 2.20. The minimum absolute atomic E-state index is 0. The predicted octanol–water partition coefficient (Wildman–Crippen LogP) is 6.17. The van der Waals surface area contributed by atoms with Crippen LogP contribution in [0.5, 0.6) is 5.88 Å². The number of hydrogen-bond acceptors (Lipinski definition) is 3. The Morgan fingerprint density at radius 1 is 1.04 bits per heavy atom. The Labute approximate surface area is 178 Å². The lowest BCUT2D eigenvalue weighted by Gasteiger charge is -2.12. The molecular weight excluding hydrogens is 470 g/mol. The van der Waals surface area contributed by atoms with Crippen molar-refractivity contribution < 1.29 is 9.53 Å². The number of nitrogens with zero attached hydrogens (tertiary/aromatic N) is 1. The molecule has 0 radical (unpaired) electrons. The Morgan fingerprint density at radius 3 is 2.37 bits per heavy atom. The Balaban J connectivity index is 0.00000261. The number of benzene rings is 2. The molecule has 2 aromatic carbocycles. The molecule has 0 aliphatic heterocycles. The van der Waals surface area contributed by atoms with Gasteiger partial charge in [0.05, 0.1) is 0 Å². The summed E-state index contributed by atoms with van der Waals surface area (Å²) < 4.78 is 5.76. The summed E-state index contributed by atoms with van der Waals surface area (Å²) in [4.78, 5) is 16.6. The van der Waals surface area contributed by atoms with Gasteiger partial charge in [0.15, 0.2) is 5.78 Å². The summed E-state index contributed by atoms with van der Waals surface area (Å²) in [5.74, 6) is 0.529. The number of ketones is 1. The summed E-state index contributed by atoms with van der Waals surface area (Å²) in [6, 6.07) is 19.4. The average Bonchev–Trinajstić information content (AvgIpc) is 2.65. The molecular formula is C22H21Br2NO2. The summed E-state index contributed by atoms with van der Waals surface area (Å²) in [7, 11) is 0. The third kappa shape index (κ3) is 5.75. The lowest BCUT2D eigenvalue weighted by molar-refractivity contribution is 0.0991. The molecule has 0 aliphatic rings. The summed E-state index contributed by atoms with van der Waals surface area (Å²) in [6.07, 6.45) is 1.67. The number of halogens is 2. The number of carbonyl (C=O) groups is 1. The summed E-state index contributed by atoms with van der Waals surface area (Å²) >= 11 is 3.53. The first kappa shape index (κ1) is 21.3. The van der Waals surface area contributed by atoms with Crippen molar-refractivity contribution in [1.29, 1.82) is 0 Å². The molecule has 0 aliphatic carbocycles. The van der Waals surface area contributed by atoms with Gasteiger partial charge < -0.3 is 4.74 Å². The zero-order chi connectivity index (χ0) is 18.5. The second-order valence-electron chi connectivity index (χ2n) is 6.30. The SMILES string of the molecule is Br.Cc1cc(C)cc(C(=O)C(Br)c2ccnc(OCc3ccccc3)c2)c1. The van der Waals surface area contributed by atoms with E-state index in [2.05, 4.69) is 27.0 Å². The number of pyridine rings is 1. The van der Waals surface area contributed by atoms with E-state index in [0.717, 1.165) is 22.3 Å². The van der Waals surface area contributed by atoms with E-state index in [1.165, 1.54) is 0 Å². The van der Waals surface area contributed by atoms with Gasteiger partial charge >= 0.3 is 0 Å². The van der Waals surface area contributed by atoms with E-state index in [1.807, 2.05) is 68.4 Å². The molecule has 27 heavy (non-hydrogen) atoms. The first-order valence-corrected chi connectivity index (χ1v) is 9.34. The lowest BCUT2D eigenvalue weighted by Crippen LogP contribution is -2.08. The molecule has 1 heterocycles. The van der Waals surface area contributed by atoms with Crippen molar-refractivity contribution >= 4 is 38.7 Å². The molecule has 0 spiro atoms. The number of aromatic nitrogens is 1. The number of Topliss-reactive ketones (excluding diaryl/α,β-unsaturated/α-hetero) is 1. The van der Waals surface area contributed by atoms with E-state index in [1.54, 1.807) is 6.20 Å². The van der Waals surface area contributed by atoms with Gasteiger partial charge in [-0.3, -0.25) is 4.79 Å². The largest absolute Gasteiger partial charge is 0.473 e. The Bertz CT molecular complexity index is 893. The monoisotopic (exact) mass is 489 g/mol. The van der Waals surface area contributed by atoms with Gasteiger partial charge in [0, 0.05) is 17.8 Å². The van der Waals surface area contributed by atoms with Crippen LogP contribution in [0.3, 0.4) is 0 Å². The van der Waals surface area contributed by atoms with Gasteiger partial charge in [-0.2, -0.15) is 0 Å². The molecule has 1 aromatic heterocycles. The second kappa shape index (κ2) is 9.81. The van der Waals surface area contributed by atoms with Gasteiger partial charge in [-0.15, -0.1) is 17.0 Å². The van der Waals surface area contributed by atoms with Crippen LogP contribution in [-0.2, 0) is 6.61 Å². The first-order valence-electron chi connectivity index (χ1n) is 8.42. The fourth-order valence-electron chi connectivity index (χ4n) is 2.81. The van der Waals surface area contributed by atoms with Gasteiger partial charge in [-0.05, 0) is 43.2 Å². The van der Waals surface area contributed by atoms with E-state index < -0.39 is 4.83 Å². The number of alkyl halides is 1. The molecule has 3 nitrogen and oxygen atoms in total. The molecule has 1 atom stereocenters. The quantitative estimate of drug-likeness (QED) is 0.306. The molecule has 0 saturated carbocycles. The third-order valence-electron chi connectivity index (χ3n) is 4.02. The van der Waals surface area contributed by atoms with Gasteiger partial charge in [-0.25, -0.2) is 4.98 Å². The van der Waals surface area contributed by atoms with Crippen LogP contribution in [0.1, 0.15) is 37.4 Å². The van der Waals surface area contributed by atoms with E-state index in [0.29, 0.717) is 18.1 Å². The molecule has 3 aromatic rings. The average molecular weight is 491 g/mol. The van der Waals surface area contributed by atoms with E-state index in [9.17, 15) is 4.79 Å². The molecule has 140 valence electrons. The van der Waals surface area contributed by atoms with Crippen molar-refractivity contribution in [1.82, 2.24) is 4.98 Å². The van der Waals surface area contributed by atoms with Crippen LogP contribution >= 0.6 is 32.9 Å². The zero-order valence-electron chi connectivity index (χ0n) is 15.2. The number of rotatable bonds is 6. The summed E-state index contributed by atoms with van der Waals surface area (Å²) in [5, 5.41) is 0. The van der Waals surface area contributed by atoms with Crippen LogP contribution in [0.2, 0.25) is 0 Å². The summed E-state index contributed by atoms with van der Waals surface area (Å²) in [6.45, 7) is 4.43. The molecule has 0 bridgehead atoms. The van der Waals surface area contributed by atoms with E-state index in [4.69, 9.17) is 4.74 Å². The van der Waals surface area contributed by atoms with Crippen LogP contribution < -0.4 is 4.74 Å². The maximum atomic E-state index is 12.8. The number of hydrogen-bond donors (Lipinski definition) is 0. The smallest absolute Gasteiger partial charge is 0.213 e. The van der Waals surface area contributed by atoms with Gasteiger partial charge in [-0.1, -0.05) is 63.5 Å². The zero-order valence-corrected chi connectivity index (χ0v) is 18.5. The second-order valence-corrected chi connectivity index (χ2v) is 7.22. The van der Waals surface area contributed by atoms with Crippen molar-refractivity contribution in [2.75, 3.05) is 0 Å². The van der Waals surface area contributed by atoms with Gasteiger partial charge in [0.1, 0.15) is 11.4 Å². The van der Waals surface area contributed by atoms with E-state index >= 15 is 0 Å². The fourth-order valence-corrected chi connectivity index (χ4v) is 3.36. The topological polar surface area (TPSA) is 39.2 Å². The van der Waals surface area contributed by atoms with Gasteiger partial charge in [0.25, 0.3) is 0 Å². The highest BCUT2D eigenvalue weighted by atomic mass is 79.9. The van der Waals surface area contributed by atoms with Crippen molar-refractivity contribution in [2.24, 2.45) is 0 Å². The van der Waals surface area contributed by atoms with Crippen molar-refractivity contribution in [3.63, 3.8) is 0 Å². The predicted molar refractivity (Wildman–Crippen MR) is 117 cm³/mol. The van der Waals surface area contributed by atoms with E-state index in [-0.39, 0.29) is 22.8 Å². The molecule has 0 saturated heterocycles. The van der Waals surface area contributed by atoms with Crippen LogP contribution in [0.25, 0.3) is 0 Å². The van der Waals surface area contributed by atoms with Crippen molar-refractivity contribution in [3.8, 4) is 5.88 Å². The minimum Gasteiger partial charge on any atom is -0.473 e. The van der Waals surface area contributed by atoms with Crippen LogP contribution in [0.15, 0.2) is 66.9 Å². The van der Waals surface area contributed by atoms with Crippen LogP contribution in [0, 0.1) is 13.8 Å². The number of carbonyl (C=O) groups excluding carboxylic acids is 1. The fraction of sp³-hybridized carbons (Fsp3) is 0.182. The normalized spacial score (nSPS) is 11.4. The molecule has 5 heteroatoms. The third-order valence-corrected chi connectivity index (χ3v) is 4.96. The van der Waals surface area contributed by atoms with Crippen LogP contribution in [0.4, 0.5) is 0 Å². The molecule has 0 amide bonds. The Morgan fingerprint density at radius 2 is 1.70 bits per heavy atom. The van der Waals surface area contributed by atoms with Crippen molar-refractivity contribution in [2.45, 2.75) is 25.3 Å². The molecule has 0 N–H and O–H groups in total. The first-order chi connectivity index (χ1) is 12.5.